The van der Waals surface area contributed by atoms with Gasteiger partial charge in [-0.15, -0.1) is 0 Å². The SMILES string of the molecule is COc1ccc(CN2C(=O)[C@@H](OCc3ccccc3)[C@H](OCc3ccccc3)[C@@H]2Cc2ccccc2)cc1. The summed E-state index contributed by atoms with van der Waals surface area (Å²) in [6.45, 7) is 1.22. The number of ether oxygens (including phenoxy) is 3. The first-order chi connectivity index (χ1) is 18.7. The molecule has 1 heterocycles. The quantitative estimate of drug-likeness (QED) is 0.257. The first-order valence-electron chi connectivity index (χ1n) is 13.0. The summed E-state index contributed by atoms with van der Waals surface area (Å²) in [7, 11) is 1.65. The number of hydrogen-bond acceptors (Lipinski definition) is 4. The molecule has 4 aromatic rings. The third kappa shape index (κ3) is 6.31. The van der Waals surface area contributed by atoms with Gasteiger partial charge in [0.15, 0.2) is 6.10 Å². The molecule has 1 aliphatic heterocycles. The summed E-state index contributed by atoms with van der Waals surface area (Å²) in [5.41, 5.74) is 4.27. The van der Waals surface area contributed by atoms with Gasteiger partial charge in [-0.1, -0.05) is 103 Å². The molecule has 1 aliphatic rings. The maximum absolute atomic E-state index is 14.0. The monoisotopic (exact) mass is 507 g/mol. The van der Waals surface area contributed by atoms with Crippen molar-refractivity contribution in [2.24, 2.45) is 0 Å². The van der Waals surface area contributed by atoms with Crippen LogP contribution in [0.3, 0.4) is 0 Å². The van der Waals surface area contributed by atoms with Gasteiger partial charge in [0.1, 0.15) is 11.9 Å². The van der Waals surface area contributed by atoms with Crippen molar-refractivity contribution < 1.29 is 19.0 Å². The van der Waals surface area contributed by atoms with Crippen LogP contribution in [0.2, 0.25) is 0 Å². The minimum absolute atomic E-state index is 0.0456. The van der Waals surface area contributed by atoms with Crippen molar-refractivity contribution in [3.8, 4) is 5.75 Å². The zero-order valence-corrected chi connectivity index (χ0v) is 21.6. The van der Waals surface area contributed by atoms with E-state index in [1.165, 1.54) is 0 Å². The molecule has 38 heavy (non-hydrogen) atoms. The Morgan fingerprint density at radius 3 is 1.71 bits per heavy atom. The van der Waals surface area contributed by atoms with Crippen molar-refractivity contribution in [1.29, 1.82) is 0 Å². The fourth-order valence-corrected chi connectivity index (χ4v) is 4.94. The van der Waals surface area contributed by atoms with E-state index in [0.717, 1.165) is 28.0 Å². The minimum Gasteiger partial charge on any atom is -0.497 e. The normalized spacial score (nSPS) is 19.0. The van der Waals surface area contributed by atoms with Gasteiger partial charge >= 0.3 is 0 Å². The summed E-state index contributed by atoms with van der Waals surface area (Å²) in [5, 5.41) is 0. The fourth-order valence-electron chi connectivity index (χ4n) is 4.94. The number of methoxy groups -OCH3 is 1. The van der Waals surface area contributed by atoms with Crippen LogP contribution < -0.4 is 4.74 Å². The van der Waals surface area contributed by atoms with E-state index in [9.17, 15) is 4.79 Å². The molecule has 0 aliphatic carbocycles. The average molecular weight is 508 g/mol. The van der Waals surface area contributed by atoms with Crippen molar-refractivity contribution in [3.63, 3.8) is 0 Å². The van der Waals surface area contributed by atoms with Gasteiger partial charge in [0.25, 0.3) is 5.91 Å². The van der Waals surface area contributed by atoms with E-state index >= 15 is 0 Å². The number of nitrogens with zero attached hydrogens (tertiary/aromatic N) is 1. The number of likely N-dealkylation sites (tertiary alicyclic amines) is 1. The second kappa shape index (κ2) is 12.5. The molecule has 1 saturated heterocycles. The highest BCUT2D eigenvalue weighted by Crippen LogP contribution is 2.31. The Bertz CT molecular complexity index is 1280. The number of carbonyl (C=O) groups is 1. The zero-order valence-electron chi connectivity index (χ0n) is 21.6. The molecule has 1 amide bonds. The van der Waals surface area contributed by atoms with E-state index in [1.54, 1.807) is 7.11 Å². The molecule has 1 fully saturated rings. The molecule has 0 aromatic heterocycles. The number of benzene rings is 4. The molecule has 194 valence electrons. The molecule has 0 unspecified atom stereocenters. The van der Waals surface area contributed by atoms with Crippen molar-refractivity contribution in [3.05, 3.63) is 138 Å². The first kappa shape index (κ1) is 25.7. The Morgan fingerprint density at radius 1 is 0.632 bits per heavy atom. The Hall–Kier alpha value is -3.93. The van der Waals surface area contributed by atoms with E-state index in [2.05, 4.69) is 12.1 Å². The van der Waals surface area contributed by atoms with Gasteiger partial charge in [-0.3, -0.25) is 4.79 Å². The van der Waals surface area contributed by atoms with Crippen LogP contribution in [0.25, 0.3) is 0 Å². The topological polar surface area (TPSA) is 48.0 Å². The lowest BCUT2D eigenvalue weighted by Gasteiger charge is -2.28. The van der Waals surface area contributed by atoms with Crippen LogP contribution in [0, 0.1) is 0 Å². The van der Waals surface area contributed by atoms with Gasteiger partial charge in [-0.25, -0.2) is 0 Å². The summed E-state index contributed by atoms with van der Waals surface area (Å²) < 4.78 is 18.2. The lowest BCUT2D eigenvalue weighted by molar-refractivity contribution is -0.142. The number of hydrogen-bond donors (Lipinski definition) is 0. The van der Waals surface area contributed by atoms with E-state index < -0.39 is 12.2 Å². The second-order valence-electron chi connectivity index (χ2n) is 9.55. The Morgan fingerprint density at radius 2 is 1.16 bits per heavy atom. The summed E-state index contributed by atoms with van der Waals surface area (Å²) in [4.78, 5) is 15.9. The third-order valence-corrected chi connectivity index (χ3v) is 6.96. The molecule has 0 bridgehead atoms. The molecule has 5 nitrogen and oxygen atoms in total. The van der Waals surface area contributed by atoms with Gasteiger partial charge in [0, 0.05) is 6.54 Å². The maximum atomic E-state index is 14.0. The molecule has 5 heteroatoms. The largest absolute Gasteiger partial charge is 0.497 e. The average Bonchev–Trinajstić information content (AvgIpc) is 3.21. The second-order valence-corrected chi connectivity index (χ2v) is 9.55. The van der Waals surface area contributed by atoms with Gasteiger partial charge in [0.2, 0.25) is 0 Å². The van der Waals surface area contributed by atoms with E-state index in [-0.39, 0.29) is 11.9 Å². The van der Waals surface area contributed by atoms with Gasteiger partial charge < -0.3 is 19.1 Å². The Balaban J connectivity index is 1.44. The molecule has 0 spiro atoms. The van der Waals surface area contributed by atoms with Gasteiger partial charge in [-0.2, -0.15) is 0 Å². The molecule has 5 rings (SSSR count). The smallest absolute Gasteiger partial charge is 0.255 e. The van der Waals surface area contributed by atoms with Gasteiger partial charge in [-0.05, 0) is 40.8 Å². The van der Waals surface area contributed by atoms with E-state index in [0.29, 0.717) is 26.2 Å². The highest BCUT2D eigenvalue weighted by molar-refractivity contribution is 5.85. The predicted octanol–water partition coefficient (Wildman–Crippen LogP) is 5.82. The molecular weight excluding hydrogens is 474 g/mol. The van der Waals surface area contributed by atoms with Crippen LogP contribution in [-0.4, -0.2) is 36.2 Å². The van der Waals surface area contributed by atoms with Crippen LogP contribution >= 0.6 is 0 Å². The van der Waals surface area contributed by atoms with Crippen molar-refractivity contribution >= 4 is 5.91 Å². The molecular formula is C33H33NO4. The molecule has 4 aromatic carbocycles. The van der Waals surface area contributed by atoms with Crippen molar-refractivity contribution in [1.82, 2.24) is 4.90 Å². The van der Waals surface area contributed by atoms with E-state index in [1.807, 2.05) is 108 Å². The zero-order chi connectivity index (χ0) is 26.2. The Labute approximate surface area is 224 Å². The molecule has 0 N–H and O–H groups in total. The molecule has 3 atom stereocenters. The van der Waals surface area contributed by atoms with Gasteiger partial charge in [0.05, 0.1) is 26.4 Å². The lowest BCUT2D eigenvalue weighted by Crippen LogP contribution is -2.40. The molecule has 0 radical (unpaired) electrons. The fraction of sp³-hybridized carbons (Fsp3) is 0.242. The highest BCUT2D eigenvalue weighted by atomic mass is 16.5. The number of rotatable bonds is 11. The van der Waals surface area contributed by atoms with Crippen LogP contribution in [0.15, 0.2) is 115 Å². The first-order valence-corrected chi connectivity index (χ1v) is 13.0. The lowest BCUT2D eigenvalue weighted by atomic mass is 10.0. The number of amides is 1. The van der Waals surface area contributed by atoms with Crippen molar-refractivity contribution in [2.75, 3.05) is 7.11 Å². The standard InChI is InChI=1S/C33H33NO4/c1-36-29-19-17-26(18-20-29)22-34-30(21-25-11-5-2-6-12-25)31(37-23-27-13-7-3-8-14-27)32(33(34)35)38-24-28-15-9-4-10-16-28/h2-20,30-32H,21-24H2,1H3/t30-,31+,32-/m0/s1. The van der Waals surface area contributed by atoms with Crippen LogP contribution in [0.4, 0.5) is 0 Å². The highest BCUT2D eigenvalue weighted by Gasteiger charge is 2.49. The van der Waals surface area contributed by atoms with Crippen LogP contribution in [0.1, 0.15) is 22.3 Å². The molecule has 0 saturated carbocycles. The summed E-state index contributed by atoms with van der Waals surface area (Å²) in [5.74, 6) is 0.742. The van der Waals surface area contributed by atoms with Crippen LogP contribution in [0.5, 0.6) is 5.75 Å². The maximum Gasteiger partial charge on any atom is 0.255 e. The number of carbonyl (C=O) groups excluding carboxylic acids is 1. The summed E-state index contributed by atoms with van der Waals surface area (Å²) >= 11 is 0. The van der Waals surface area contributed by atoms with Crippen molar-refractivity contribution in [2.45, 2.75) is 44.4 Å². The minimum atomic E-state index is -0.703. The summed E-state index contributed by atoms with van der Waals surface area (Å²) in [6, 6.07) is 38.0. The van der Waals surface area contributed by atoms with E-state index in [4.69, 9.17) is 14.2 Å². The third-order valence-electron chi connectivity index (χ3n) is 6.96. The van der Waals surface area contributed by atoms with Crippen LogP contribution in [-0.2, 0) is 40.4 Å². The predicted molar refractivity (Wildman–Crippen MR) is 148 cm³/mol. The Kier molecular flexibility index (Phi) is 8.49. The summed E-state index contributed by atoms with van der Waals surface area (Å²) in [6.07, 6.45) is -0.455.